The number of nitrogens with one attached hydrogen (secondary N) is 2. The van der Waals surface area contributed by atoms with Crippen LogP contribution in [-0.4, -0.2) is 41.0 Å². The number of hydrogen-bond acceptors (Lipinski definition) is 4. The maximum Gasteiger partial charge on any atom is 0.408 e. The van der Waals surface area contributed by atoms with Crippen molar-refractivity contribution in [2.45, 2.75) is 119 Å². The molecule has 0 spiro atoms. The molecular formula is C35H53N3O4. The first-order valence-corrected chi connectivity index (χ1v) is 15.4. The molecule has 2 N–H and O–H groups in total. The highest BCUT2D eigenvalue weighted by atomic mass is 16.6. The van der Waals surface area contributed by atoms with Gasteiger partial charge in [0.25, 0.3) is 5.91 Å². The monoisotopic (exact) mass is 579 g/mol. The van der Waals surface area contributed by atoms with E-state index in [2.05, 4.69) is 17.6 Å². The molecule has 2 aromatic carbocycles. The third-order valence-corrected chi connectivity index (χ3v) is 7.79. The van der Waals surface area contributed by atoms with Gasteiger partial charge in [0.05, 0.1) is 0 Å². The quantitative estimate of drug-likeness (QED) is 0.236. The molecule has 42 heavy (non-hydrogen) atoms. The SMILES string of the molecule is CCCCCCN(C(=O)C(NC(=O)OC(C)(C)C)C(C)CC)C(C(=O)Nc1c(C)cccc1C)c1c(C)cccc1C. The highest BCUT2D eigenvalue weighted by molar-refractivity contribution is 6.00. The number of alkyl carbamates (subject to hydrolysis) is 1. The predicted octanol–water partition coefficient (Wildman–Crippen LogP) is 7.95. The number of nitrogens with zero attached hydrogens (tertiary/aromatic N) is 1. The third-order valence-electron chi connectivity index (χ3n) is 7.79. The van der Waals surface area contributed by atoms with Gasteiger partial charge in [0, 0.05) is 12.2 Å². The minimum absolute atomic E-state index is 0.177. The Morgan fingerprint density at radius 3 is 1.90 bits per heavy atom. The molecule has 0 aliphatic carbocycles. The highest BCUT2D eigenvalue weighted by Crippen LogP contribution is 2.32. The van der Waals surface area contributed by atoms with Crippen molar-refractivity contribution < 1.29 is 19.1 Å². The number of amides is 3. The van der Waals surface area contributed by atoms with Gasteiger partial charge in [0.2, 0.25) is 5.91 Å². The first-order chi connectivity index (χ1) is 19.7. The van der Waals surface area contributed by atoms with Crippen LogP contribution in [-0.2, 0) is 14.3 Å². The van der Waals surface area contributed by atoms with E-state index in [1.54, 1.807) is 25.7 Å². The van der Waals surface area contributed by atoms with E-state index in [-0.39, 0.29) is 17.7 Å². The van der Waals surface area contributed by atoms with Gasteiger partial charge in [-0.15, -0.1) is 0 Å². The van der Waals surface area contributed by atoms with Crippen molar-refractivity contribution in [1.29, 1.82) is 0 Å². The maximum atomic E-state index is 14.6. The lowest BCUT2D eigenvalue weighted by Gasteiger charge is -2.37. The van der Waals surface area contributed by atoms with Gasteiger partial charge in [-0.2, -0.15) is 0 Å². The summed E-state index contributed by atoms with van der Waals surface area (Å²) in [5.74, 6) is -0.728. The van der Waals surface area contributed by atoms with E-state index in [1.807, 2.05) is 77.9 Å². The normalized spacial score (nSPS) is 13.6. The molecule has 0 bridgehead atoms. The van der Waals surface area contributed by atoms with E-state index in [4.69, 9.17) is 4.74 Å². The highest BCUT2D eigenvalue weighted by Gasteiger charge is 2.39. The van der Waals surface area contributed by atoms with Crippen LogP contribution in [0.2, 0.25) is 0 Å². The van der Waals surface area contributed by atoms with Crippen LogP contribution in [0.5, 0.6) is 0 Å². The van der Waals surface area contributed by atoms with Crippen LogP contribution in [0.4, 0.5) is 10.5 Å². The number of aryl methyl sites for hydroxylation is 4. The van der Waals surface area contributed by atoms with Crippen LogP contribution in [0.25, 0.3) is 0 Å². The molecule has 0 saturated carbocycles. The van der Waals surface area contributed by atoms with Crippen LogP contribution in [0.15, 0.2) is 36.4 Å². The number of ether oxygens (including phenoxy) is 1. The van der Waals surface area contributed by atoms with E-state index in [1.165, 1.54) is 0 Å². The van der Waals surface area contributed by atoms with Crippen molar-refractivity contribution in [3.63, 3.8) is 0 Å². The van der Waals surface area contributed by atoms with E-state index >= 15 is 0 Å². The summed E-state index contributed by atoms with van der Waals surface area (Å²) in [7, 11) is 0. The Morgan fingerprint density at radius 2 is 1.40 bits per heavy atom. The Morgan fingerprint density at radius 1 is 0.857 bits per heavy atom. The molecule has 2 rings (SSSR count). The van der Waals surface area contributed by atoms with Gasteiger partial charge in [-0.3, -0.25) is 9.59 Å². The fourth-order valence-electron chi connectivity index (χ4n) is 5.26. The largest absolute Gasteiger partial charge is 0.444 e. The van der Waals surface area contributed by atoms with Gasteiger partial charge in [-0.1, -0.05) is 82.9 Å². The summed E-state index contributed by atoms with van der Waals surface area (Å²) in [5, 5.41) is 6.04. The van der Waals surface area contributed by atoms with Crippen molar-refractivity contribution in [2.75, 3.05) is 11.9 Å². The molecule has 0 aliphatic heterocycles. The predicted molar refractivity (Wildman–Crippen MR) is 172 cm³/mol. The van der Waals surface area contributed by atoms with Crippen LogP contribution in [0.3, 0.4) is 0 Å². The number of anilines is 1. The average Bonchev–Trinajstić information content (AvgIpc) is 2.90. The average molecular weight is 580 g/mol. The molecule has 7 nitrogen and oxygen atoms in total. The second kappa shape index (κ2) is 15.8. The summed E-state index contributed by atoms with van der Waals surface area (Å²) < 4.78 is 5.54. The fourth-order valence-corrected chi connectivity index (χ4v) is 5.26. The lowest BCUT2D eigenvalue weighted by molar-refractivity contribution is -0.142. The molecular weight excluding hydrogens is 526 g/mol. The van der Waals surface area contributed by atoms with E-state index in [0.717, 1.165) is 59.2 Å². The van der Waals surface area contributed by atoms with Crippen molar-refractivity contribution in [2.24, 2.45) is 5.92 Å². The van der Waals surface area contributed by atoms with Crippen LogP contribution >= 0.6 is 0 Å². The number of rotatable bonds is 13. The molecule has 2 aromatic rings. The van der Waals surface area contributed by atoms with Crippen molar-refractivity contribution >= 4 is 23.6 Å². The van der Waals surface area contributed by atoms with E-state index in [0.29, 0.717) is 13.0 Å². The summed E-state index contributed by atoms with van der Waals surface area (Å²) >= 11 is 0. The zero-order valence-electron chi connectivity index (χ0n) is 27.5. The van der Waals surface area contributed by atoms with Gasteiger partial charge >= 0.3 is 6.09 Å². The Kier molecular flexibility index (Phi) is 13.1. The first-order valence-electron chi connectivity index (χ1n) is 15.4. The molecule has 232 valence electrons. The molecule has 3 unspecified atom stereocenters. The lowest BCUT2D eigenvalue weighted by atomic mass is 9.91. The topological polar surface area (TPSA) is 87.7 Å². The molecule has 0 radical (unpaired) electrons. The van der Waals surface area contributed by atoms with Gasteiger partial charge in [-0.25, -0.2) is 4.79 Å². The zero-order valence-corrected chi connectivity index (χ0v) is 27.5. The maximum absolute atomic E-state index is 14.6. The molecule has 3 atom stereocenters. The number of carbonyl (C=O) groups excluding carboxylic acids is 3. The minimum Gasteiger partial charge on any atom is -0.444 e. The molecule has 7 heteroatoms. The second-order valence-corrected chi connectivity index (χ2v) is 12.6. The summed E-state index contributed by atoms with van der Waals surface area (Å²) in [6.07, 6.45) is 3.80. The molecule has 0 aromatic heterocycles. The van der Waals surface area contributed by atoms with Gasteiger partial charge in [-0.05, 0) is 88.6 Å². The van der Waals surface area contributed by atoms with Crippen LogP contribution in [0, 0.1) is 33.6 Å². The van der Waals surface area contributed by atoms with Crippen LogP contribution < -0.4 is 10.6 Å². The standard InChI is InChI=1S/C35H53N3O4/c1-11-13-14-15-22-38(33(40)30(23(3)12-2)37-34(41)42-35(8,9)10)31(28-24(4)18-16-19-25(28)5)32(39)36-29-26(6)20-17-21-27(29)7/h16-21,23,30-31H,11-15,22H2,1-10H3,(H,36,39)(H,37,41). The van der Waals surface area contributed by atoms with E-state index in [9.17, 15) is 14.4 Å². The smallest absolute Gasteiger partial charge is 0.408 e. The van der Waals surface area contributed by atoms with Crippen molar-refractivity contribution in [1.82, 2.24) is 10.2 Å². The van der Waals surface area contributed by atoms with Crippen molar-refractivity contribution in [3.8, 4) is 0 Å². The molecule has 0 aliphatic rings. The summed E-state index contributed by atoms with van der Waals surface area (Å²) in [5.41, 5.74) is 4.63. The van der Waals surface area contributed by atoms with Gasteiger partial charge < -0.3 is 20.3 Å². The number of benzene rings is 2. The third kappa shape index (κ3) is 9.60. The summed E-state index contributed by atoms with van der Waals surface area (Å²) in [4.78, 5) is 43.7. The number of carbonyl (C=O) groups is 3. The molecule has 0 saturated heterocycles. The minimum atomic E-state index is -0.883. The summed E-state index contributed by atoms with van der Waals surface area (Å²) in [6, 6.07) is 10.1. The van der Waals surface area contributed by atoms with Crippen LogP contribution in [0.1, 0.15) is 108 Å². The van der Waals surface area contributed by atoms with Gasteiger partial charge in [0.1, 0.15) is 17.7 Å². The molecule has 0 heterocycles. The Hall–Kier alpha value is -3.35. The number of hydrogen-bond donors (Lipinski definition) is 2. The lowest BCUT2D eigenvalue weighted by Crippen LogP contribution is -2.55. The Balaban J connectivity index is 2.68. The summed E-state index contributed by atoms with van der Waals surface area (Å²) in [6.45, 7) is 19.7. The Labute approximate surface area is 253 Å². The molecule has 0 fully saturated rings. The van der Waals surface area contributed by atoms with E-state index < -0.39 is 23.8 Å². The second-order valence-electron chi connectivity index (χ2n) is 12.6. The van der Waals surface area contributed by atoms with Crippen molar-refractivity contribution in [3.05, 3.63) is 64.2 Å². The fraction of sp³-hybridized carbons (Fsp3) is 0.571. The zero-order chi connectivity index (χ0) is 31.6. The molecule has 3 amide bonds. The number of para-hydroxylation sites is 1. The van der Waals surface area contributed by atoms with Gasteiger partial charge in [0.15, 0.2) is 0 Å². The number of unbranched alkanes of at least 4 members (excludes halogenated alkanes) is 3. The Bertz CT molecular complexity index is 1180. The first kappa shape index (κ1) is 34.8.